The van der Waals surface area contributed by atoms with Crippen LogP contribution in [0, 0.1) is 18.4 Å². The van der Waals surface area contributed by atoms with Crippen LogP contribution in [0.4, 0.5) is 24.5 Å². The lowest BCUT2D eigenvalue weighted by molar-refractivity contribution is -0.210. The van der Waals surface area contributed by atoms with Gasteiger partial charge in [-0.1, -0.05) is 17.7 Å². The molecule has 1 saturated heterocycles. The van der Waals surface area contributed by atoms with Crippen LogP contribution in [0.15, 0.2) is 18.2 Å². The van der Waals surface area contributed by atoms with Gasteiger partial charge in [-0.2, -0.15) is 13.2 Å². The van der Waals surface area contributed by atoms with E-state index in [0.717, 1.165) is 6.42 Å². The number of hydrogen-bond donors (Lipinski definition) is 1. The maximum Gasteiger partial charge on any atom is 0.416 e. The first kappa shape index (κ1) is 14.5. The second-order valence-electron chi connectivity index (χ2n) is 5.54. The van der Waals surface area contributed by atoms with E-state index in [4.69, 9.17) is 18.2 Å². The van der Waals surface area contributed by atoms with Crippen LogP contribution in [-0.4, -0.2) is 30.0 Å². The third-order valence-electron chi connectivity index (χ3n) is 4.25. The van der Waals surface area contributed by atoms with Gasteiger partial charge in [-0.25, -0.2) is 4.85 Å². The number of piperidine rings is 1. The summed E-state index contributed by atoms with van der Waals surface area (Å²) in [5, 5.41) is 9.85. The van der Waals surface area contributed by atoms with Gasteiger partial charge in [0.1, 0.15) is 0 Å². The highest BCUT2D eigenvalue weighted by atomic mass is 35.5. The second-order valence-corrected chi connectivity index (χ2v) is 5.94. The van der Waals surface area contributed by atoms with Gasteiger partial charge in [0.15, 0.2) is 6.10 Å². The summed E-state index contributed by atoms with van der Waals surface area (Å²) in [7, 11) is 0. The number of hydrogen-bond acceptors (Lipinski definition) is 2. The van der Waals surface area contributed by atoms with E-state index < -0.39 is 18.3 Å². The first-order chi connectivity index (χ1) is 9.82. The van der Waals surface area contributed by atoms with Gasteiger partial charge >= 0.3 is 6.18 Å². The molecule has 2 fully saturated rings. The first-order valence-corrected chi connectivity index (χ1v) is 6.89. The van der Waals surface area contributed by atoms with E-state index in [0.29, 0.717) is 12.2 Å². The van der Waals surface area contributed by atoms with Crippen molar-refractivity contribution in [2.45, 2.75) is 24.7 Å². The summed E-state index contributed by atoms with van der Waals surface area (Å²) in [5.74, 6) is 0.0762. The molecule has 0 spiro atoms. The van der Waals surface area contributed by atoms with Crippen LogP contribution < -0.4 is 4.90 Å². The van der Waals surface area contributed by atoms with Gasteiger partial charge in [0.05, 0.1) is 12.6 Å². The summed E-state index contributed by atoms with van der Waals surface area (Å²) in [6.07, 6.45) is -6.28. The number of aliphatic hydroxyl groups excluding tert-OH is 1. The molecular weight excluding hydrogens is 305 g/mol. The Morgan fingerprint density at radius 3 is 2.71 bits per heavy atom. The predicted molar refractivity (Wildman–Crippen MR) is 72.5 cm³/mol. The molecule has 1 aromatic carbocycles. The predicted octanol–water partition coefficient (Wildman–Crippen LogP) is 3.64. The monoisotopic (exact) mass is 316 g/mol. The summed E-state index contributed by atoms with van der Waals surface area (Å²) < 4.78 is 38.5. The number of halogens is 4. The zero-order chi connectivity index (χ0) is 15.4. The molecule has 1 N–H and O–H groups in total. The van der Waals surface area contributed by atoms with Crippen LogP contribution in [-0.2, 0) is 0 Å². The highest BCUT2D eigenvalue weighted by Gasteiger charge is 2.60. The average Bonchev–Trinajstić information content (AvgIpc) is 3.08. The molecule has 21 heavy (non-hydrogen) atoms. The third-order valence-corrected chi connectivity index (χ3v) is 4.55. The van der Waals surface area contributed by atoms with Crippen molar-refractivity contribution in [3.8, 4) is 0 Å². The Morgan fingerprint density at radius 2 is 2.14 bits per heavy atom. The Bertz CT molecular complexity index is 613. The van der Waals surface area contributed by atoms with Gasteiger partial charge in [0.2, 0.25) is 5.69 Å². The zero-order valence-electron chi connectivity index (χ0n) is 10.8. The highest BCUT2D eigenvalue weighted by molar-refractivity contribution is 6.33. The molecule has 4 atom stereocenters. The lowest BCUT2D eigenvalue weighted by atomic mass is 10.0. The topological polar surface area (TPSA) is 27.8 Å². The largest absolute Gasteiger partial charge is 0.416 e. The van der Waals surface area contributed by atoms with Gasteiger partial charge in [0, 0.05) is 17.3 Å². The number of fused-ring (bicyclic) bond motifs is 1. The molecule has 1 aliphatic carbocycles. The molecule has 2 aliphatic rings. The van der Waals surface area contributed by atoms with Crippen LogP contribution in [0.1, 0.15) is 6.42 Å². The van der Waals surface area contributed by atoms with E-state index >= 15 is 0 Å². The molecule has 0 amide bonds. The van der Waals surface area contributed by atoms with Crippen LogP contribution in [0.5, 0.6) is 0 Å². The minimum atomic E-state index is -4.64. The van der Waals surface area contributed by atoms with Crippen molar-refractivity contribution in [2.24, 2.45) is 11.8 Å². The van der Waals surface area contributed by atoms with Crippen LogP contribution >= 0.6 is 11.6 Å². The molecule has 7 heteroatoms. The van der Waals surface area contributed by atoms with Gasteiger partial charge in [-0.3, -0.25) is 0 Å². The molecule has 3 rings (SSSR count). The molecule has 112 valence electrons. The standard InChI is InChI=1S/C14H12ClF3N2O/c1-19-11-3-2-8(5-10(11)15)20-6-7-4-9(7)12(20)13(21)14(16,17)18/h2-3,5,7,9,12-13,21H,4,6H2/t7-,9-,12-,13-/m1/s1. The maximum absolute atomic E-state index is 12.8. The van der Waals surface area contributed by atoms with Crippen molar-refractivity contribution in [3.63, 3.8) is 0 Å². The molecule has 0 radical (unpaired) electrons. The van der Waals surface area contributed by atoms with Gasteiger partial charge in [0.25, 0.3) is 0 Å². The molecule has 0 aromatic heterocycles. The Kier molecular flexibility index (Phi) is 3.30. The van der Waals surface area contributed by atoms with Crippen LogP contribution in [0.2, 0.25) is 5.02 Å². The number of alkyl halides is 3. The van der Waals surface area contributed by atoms with Crippen LogP contribution in [0.3, 0.4) is 0 Å². The lowest BCUT2D eigenvalue weighted by Crippen LogP contribution is -2.49. The molecular formula is C14H12ClF3N2O. The molecule has 3 nitrogen and oxygen atoms in total. The number of benzene rings is 1. The van der Waals surface area contributed by atoms with Gasteiger partial charge in [-0.05, 0) is 30.4 Å². The third kappa shape index (κ3) is 2.45. The summed E-state index contributed by atoms with van der Waals surface area (Å²) in [6.45, 7) is 7.41. The van der Waals surface area contributed by atoms with Crippen molar-refractivity contribution in [1.82, 2.24) is 0 Å². The van der Waals surface area contributed by atoms with Crippen molar-refractivity contribution >= 4 is 23.0 Å². The van der Waals surface area contributed by atoms with Crippen LogP contribution in [0.25, 0.3) is 4.85 Å². The number of rotatable bonds is 2. The van der Waals surface area contributed by atoms with E-state index in [-0.39, 0.29) is 22.5 Å². The minimum absolute atomic E-state index is 0.124. The molecule has 1 aromatic rings. The molecule has 0 bridgehead atoms. The Labute approximate surface area is 124 Å². The summed E-state index contributed by atoms with van der Waals surface area (Å²) >= 11 is 5.95. The van der Waals surface area contributed by atoms with Crippen molar-refractivity contribution in [3.05, 3.63) is 34.6 Å². The maximum atomic E-state index is 12.8. The number of aliphatic hydroxyl groups is 1. The SMILES string of the molecule is [C-]#[N+]c1ccc(N2C[C@H]3C[C@H]3[C@@H]2[C@@H](O)C(F)(F)F)cc1Cl. The fraction of sp³-hybridized carbons (Fsp3) is 0.500. The van der Waals surface area contributed by atoms with E-state index in [1.165, 1.54) is 12.1 Å². The number of anilines is 1. The summed E-state index contributed by atoms with van der Waals surface area (Å²) in [5.41, 5.74) is 0.783. The van der Waals surface area contributed by atoms with Crippen molar-refractivity contribution in [1.29, 1.82) is 0 Å². The van der Waals surface area contributed by atoms with E-state index in [9.17, 15) is 18.3 Å². The molecule has 1 heterocycles. The van der Waals surface area contributed by atoms with Gasteiger partial charge in [-0.15, -0.1) is 0 Å². The Hall–Kier alpha value is -1.45. The van der Waals surface area contributed by atoms with Crippen molar-refractivity contribution < 1.29 is 18.3 Å². The zero-order valence-corrected chi connectivity index (χ0v) is 11.6. The molecule has 1 saturated carbocycles. The quantitative estimate of drug-likeness (QED) is 0.844. The lowest BCUT2D eigenvalue weighted by Gasteiger charge is -2.34. The van der Waals surface area contributed by atoms with Gasteiger partial charge < -0.3 is 10.0 Å². The minimum Gasteiger partial charge on any atom is -0.382 e. The second kappa shape index (κ2) is 4.79. The average molecular weight is 317 g/mol. The molecule has 1 aliphatic heterocycles. The normalized spacial score (nSPS) is 29.0. The van der Waals surface area contributed by atoms with E-state index in [1.807, 2.05) is 0 Å². The Morgan fingerprint density at radius 1 is 1.43 bits per heavy atom. The fourth-order valence-corrected chi connectivity index (χ4v) is 3.36. The first-order valence-electron chi connectivity index (χ1n) is 6.51. The summed E-state index contributed by atoms with van der Waals surface area (Å²) in [6, 6.07) is 3.60. The summed E-state index contributed by atoms with van der Waals surface area (Å²) in [4.78, 5) is 4.79. The van der Waals surface area contributed by atoms with E-state index in [1.54, 1.807) is 11.0 Å². The smallest absolute Gasteiger partial charge is 0.382 e. The van der Waals surface area contributed by atoms with Crippen molar-refractivity contribution in [2.75, 3.05) is 11.4 Å². The van der Waals surface area contributed by atoms with E-state index in [2.05, 4.69) is 4.85 Å². The molecule has 0 unspecified atom stereocenters. The Balaban J connectivity index is 1.91. The fourth-order valence-electron chi connectivity index (χ4n) is 3.15. The highest BCUT2D eigenvalue weighted by Crippen LogP contribution is 2.53. The number of nitrogens with zero attached hydrogens (tertiary/aromatic N) is 2.